The summed E-state index contributed by atoms with van der Waals surface area (Å²) in [6, 6.07) is 5.60. The summed E-state index contributed by atoms with van der Waals surface area (Å²) in [6.07, 6.45) is 5.08. The normalized spacial score (nSPS) is 16.5. The highest BCUT2D eigenvalue weighted by molar-refractivity contribution is 6.30. The van der Waals surface area contributed by atoms with Gasteiger partial charge in [0.25, 0.3) is 0 Å². The Morgan fingerprint density at radius 1 is 1.50 bits per heavy atom. The molecule has 0 aliphatic heterocycles. The molecule has 1 aliphatic rings. The number of aromatic amines is 1. The summed E-state index contributed by atoms with van der Waals surface area (Å²) in [6.45, 7) is 3.13. The van der Waals surface area contributed by atoms with E-state index in [4.69, 9.17) is 16.3 Å². The van der Waals surface area contributed by atoms with Crippen LogP contribution in [-0.2, 0) is 24.1 Å². The van der Waals surface area contributed by atoms with Crippen molar-refractivity contribution in [2.45, 2.75) is 32.6 Å². The second-order valence-electron chi connectivity index (χ2n) is 6.04. The number of hydrogen-bond donors (Lipinski definition) is 2. The standard InChI is InChI=1S/C18H22ClN3O2/c1-2-24-17-6-5-15(19)9-12(17)7-8-20-18(23)13-3-4-14-11-21-22-16(14)10-13/h5-6,9,11,13H,2-4,7-8,10H2,1H3,(H,20,23)(H,21,22)/t13-/m1/s1. The fraction of sp³-hybridized carbons (Fsp3) is 0.444. The van der Waals surface area contributed by atoms with Gasteiger partial charge < -0.3 is 10.1 Å². The highest BCUT2D eigenvalue weighted by atomic mass is 35.5. The molecule has 0 fully saturated rings. The van der Waals surface area contributed by atoms with Gasteiger partial charge in [-0.1, -0.05) is 11.6 Å². The third kappa shape index (κ3) is 3.90. The minimum atomic E-state index is 0.0173. The largest absolute Gasteiger partial charge is 0.494 e. The van der Waals surface area contributed by atoms with Crippen LogP contribution in [0.4, 0.5) is 0 Å². The van der Waals surface area contributed by atoms with Crippen molar-refractivity contribution in [2.24, 2.45) is 5.92 Å². The van der Waals surface area contributed by atoms with Crippen LogP contribution < -0.4 is 10.1 Å². The van der Waals surface area contributed by atoms with E-state index in [1.54, 1.807) is 0 Å². The fourth-order valence-corrected chi connectivity index (χ4v) is 3.33. The van der Waals surface area contributed by atoms with Gasteiger partial charge in [0.2, 0.25) is 5.91 Å². The summed E-state index contributed by atoms with van der Waals surface area (Å²) < 4.78 is 5.61. The van der Waals surface area contributed by atoms with Crippen LogP contribution in [0.3, 0.4) is 0 Å². The lowest BCUT2D eigenvalue weighted by Crippen LogP contribution is -2.35. The van der Waals surface area contributed by atoms with E-state index >= 15 is 0 Å². The molecule has 0 bridgehead atoms. The first-order valence-corrected chi connectivity index (χ1v) is 8.75. The van der Waals surface area contributed by atoms with E-state index in [1.165, 1.54) is 5.56 Å². The smallest absolute Gasteiger partial charge is 0.223 e. The number of benzene rings is 1. The van der Waals surface area contributed by atoms with Crippen molar-refractivity contribution in [1.82, 2.24) is 15.5 Å². The van der Waals surface area contributed by atoms with E-state index in [0.29, 0.717) is 24.6 Å². The number of H-pyrrole nitrogens is 1. The number of aryl methyl sites for hydroxylation is 1. The number of carbonyl (C=O) groups excluding carboxylic acids is 1. The molecule has 2 aromatic rings. The monoisotopic (exact) mass is 347 g/mol. The highest BCUT2D eigenvalue weighted by Gasteiger charge is 2.25. The van der Waals surface area contributed by atoms with Gasteiger partial charge in [0.1, 0.15) is 5.75 Å². The quantitative estimate of drug-likeness (QED) is 0.844. The van der Waals surface area contributed by atoms with Gasteiger partial charge in [0.05, 0.1) is 12.8 Å². The van der Waals surface area contributed by atoms with Crippen molar-refractivity contribution >= 4 is 17.5 Å². The molecule has 24 heavy (non-hydrogen) atoms. The number of aromatic nitrogens is 2. The van der Waals surface area contributed by atoms with Gasteiger partial charge in [0, 0.05) is 29.6 Å². The van der Waals surface area contributed by atoms with Gasteiger partial charge in [-0.15, -0.1) is 0 Å². The molecule has 1 atom stereocenters. The summed E-state index contributed by atoms with van der Waals surface area (Å²) in [7, 11) is 0. The van der Waals surface area contributed by atoms with Crippen LogP contribution >= 0.6 is 11.6 Å². The summed E-state index contributed by atoms with van der Waals surface area (Å²) in [5, 5.41) is 10.8. The first kappa shape index (κ1) is 16.8. The van der Waals surface area contributed by atoms with Gasteiger partial charge in [-0.05, 0) is 55.5 Å². The first-order chi connectivity index (χ1) is 11.7. The molecule has 0 radical (unpaired) electrons. The maximum absolute atomic E-state index is 12.4. The molecule has 1 amide bonds. The Bertz CT molecular complexity index is 714. The van der Waals surface area contributed by atoms with E-state index < -0.39 is 0 Å². The van der Waals surface area contributed by atoms with E-state index in [1.807, 2.05) is 31.3 Å². The Morgan fingerprint density at radius 2 is 2.38 bits per heavy atom. The van der Waals surface area contributed by atoms with Gasteiger partial charge in [-0.3, -0.25) is 9.89 Å². The molecule has 1 heterocycles. The van der Waals surface area contributed by atoms with E-state index in [-0.39, 0.29) is 11.8 Å². The molecule has 1 aromatic carbocycles. The van der Waals surface area contributed by atoms with Crippen molar-refractivity contribution in [1.29, 1.82) is 0 Å². The van der Waals surface area contributed by atoms with E-state index in [2.05, 4.69) is 15.5 Å². The van der Waals surface area contributed by atoms with Gasteiger partial charge in [0.15, 0.2) is 0 Å². The molecule has 6 heteroatoms. The lowest BCUT2D eigenvalue weighted by atomic mass is 9.87. The molecule has 128 valence electrons. The number of halogens is 1. The van der Waals surface area contributed by atoms with Crippen molar-refractivity contribution in [3.63, 3.8) is 0 Å². The summed E-state index contributed by atoms with van der Waals surface area (Å²) in [5.41, 5.74) is 3.35. The molecule has 1 aliphatic carbocycles. The number of nitrogens with zero attached hydrogens (tertiary/aromatic N) is 1. The molecule has 1 aromatic heterocycles. The number of rotatable bonds is 6. The highest BCUT2D eigenvalue weighted by Crippen LogP contribution is 2.25. The predicted molar refractivity (Wildman–Crippen MR) is 93.4 cm³/mol. The average molecular weight is 348 g/mol. The number of carbonyl (C=O) groups is 1. The maximum Gasteiger partial charge on any atom is 0.223 e. The molecular formula is C18H22ClN3O2. The topological polar surface area (TPSA) is 67.0 Å². The van der Waals surface area contributed by atoms with Crippen LogP contribution in [0.5, 0.6) is 5.75 Å². The number of ether oxygens (including phenoxy) is 1. The Hall–Kier alpha value is -2.01. The number of nitrogens with one attached hydrogen (secondary N) is 2. The first-order valence-electron chi connectivity index (χ1n) is 8.37. The number of amides is 1. The van der Waals surface area contributed by atoms with Crippen LogP contribution in [0.25, 0.3) is 0 Å². The number of hydrogen-bond acceptors (Lipinski definition) is 3. The van der Waals surface area contributed by atoms with Gasteiger partial charge in [-0.2, -0.15) is 5.10 Å². The van der Waals surface area contributed by atoms with Crippen LogP contribution in [0.1, 0.15) is 30.2 Å². The zero-order valence-corrected chi connectivity index (χ0v) is 14.5. The lowest BCUT2D eigenvalue weighted by molar-refractivity contribution is -0.125. The van der Waals surface area contributed by atoms with Crippen molar-refractivity contribution < 1.29 is 9.53 Å². The zero-order chi connectivity index (χ0) is 16.9. The third-order valence-electron chi connectivity index (χ3n) is 4.41. The second-order valence-corrected chi connectivity index (χ2v) is 6.48. The van der Waals surface area contributed by atoms with Gasteiger partial charge >= 0.3 is 0 Å². The molecule has 0 spiro atoms. The fourth-order valence-electron chi connectivity index (χ4n) is 3.14. The average Bonchev–Trinajstić information content (AvgIpc) is 3.05. The van der Waals surface area contributed by atoms with Crippen LogP contribution in [0.2, 0.25) is 5.02 Å². The molecule has 0 saturated heterocycles. The van der Waals surface area contributed by atoms with Crippen LogP contribution in [0, 0.1) is 5.92 Å². The van der Waals surface area contributed by atoms with Crippen molar-refractivity contribution in [2.75, 3.05) is 13.2 Å². The van der Waals surface area contributed by atoms with Crippen LogP contribution in [-0.4, -0.2) is 29.3 Å². The molecule has 2 N–H and O–H groups in total. The molecular weight excluding hydrogens is 326 g/mol. The minimum absolute atomic E-state index is 0.0173. The van der Waals surface area contributed by atoms with Gasteiger partial charge in [-0.25, -0.2) is 0 Å². The minimum Gasteiger partial charge on any atom is -0.494 e. The van der Waals surface area contributed by atoms with E-state index in [9.17, 15) is 4.79 Å². The molecule has 5 nitrogen and oxygen atoms in total. The van der Waals surface area contributed by atoms with E-state index in [0.717, 1.165) is 36.3 Å². The SMILES string of the molecule is CCOc1ccc(Cl)cc1CCNC(=O)[C@@H]1CCc2cn[nH]c2C1. The van der Waals surface area contributed by atoms with Crippen LogP contribution in [0.15, 0.2) is 24.4 Å². The summed E-state index contributed by atoms with van der Waals surface area (Å²) >= 11 is 6.07. The summed E-state index contributed by atoms with van der Waals surface area (Å²) in [4.78, 5) is 12.4. The Labute approximate surface area is 146 Å². The predicted octanol–water partition coefficient (Wildman–Crippen LogP) is 2.93. The molecule has 0 saturated carbocycles. The number of fused-ring (bicyclic) bond motifs is 1. The Balaban J connectivity index is 1.53. The summed E-state index contributed by atoms with van der Waals surface area (Å²) in [5.74, 6) is 0.954. The molecule has 3 rings (SSSR count). The Morgan fingerprint density at radius 3 is 3.21 bits per heavy atom. The Kier molecular flexibility index (Phi) is 5.41. The lowest BCUT2D eigenvalue weighted by Gasteiger charge is -2.21. The third-order valence-corrected chi connectivity index (χ3v) is 4.64. The maximum atomic E-state index is 12.4. The molecule has 0 unspecified atom stereocenters. The van der Waals surface area contributed by atoms with Crippen molar-refractivity contribution in [3.05, 3.63) is 46.2 Å². The zero-order valence-electron chi connectivity index (χ0n) is 13.8. The van der Waals surface area contributed by atoms with Crippen molar-refractivity contribution in [3.8, 4) is 5.75 Å². The second kappa shape index (κ2) is 7.71.